The second-order valence-electron chi connectivity index (χ2n) is 6.10. The molecule has 2 amide bonds. The van der Waals surface area contributed by atoms with E-state index in [4.69, 9.17) is 11.6 Å². The Bertz CT molecular complexity index is 767. The van der Waals surface area contributed by atoms with Gasteiger partial charge < -0.3 is 10.6 Å². The highest BCUT2D eigenvalue weighted by molar-refractivity contribution is 6.31. The molecule has 5 heteroatoms. The van der Waals surface area contributed by atoms with Gasteiger partial charge in [-0.1, -0.05) is 29.8 Å². The lowest BCUT2D eigenvalue weighted by Gasteiger charge is -2.10. The first-order valence-corrected chi connectivity index (χ1v) is 8.35. The molecule has 0 saturated heterocycles. The van der Waals surface area contributed by atoms with Crippen LogP contribution in [0.1, 0.15) is 34.3 Å². The number of benzene rings is 2. The molecule has 4 nitrogen and oxygen atoms in total. The number of carbonyl (C=O) groups is 2. The zero-order chi connectivity index (χ0) is 17.1. The van der Waals surface area contributed by atoms with Crippen LogP contribution in [0.5, 0.6) is 0 Å². The third-order valence-electron chi connectivity index (χ3n) is 4.08. The molecule has 2 N–H and O–H groups in total. The van der Waals surface area contributed by atoms with Crippen LogP contribution >= 0.6 is 11.6 Å². The maximum absolute atomic E-state index is 12.3. The minimum absolute atomic E-state index is 0.119. The van der Waals surface area contributed by atoms with Gasteiger partial charge in [0.25, 0.3) is 5.91 Å². The number of rotatable bonds is 5. The summed E-state index contributed by atoms with van der Waals surface area (Å²) in [6.07, 6.45) is 1.99. The molecule has 3 rings (SSSR count). The lowest BCUT2D eigenvalue weighted by atomic mass is 10.1. The van der Waals surface area contributed by atoms with Gasteiger partial charge >= 0.3 is 0 Å². The molecule has 24 heavy (non-hydrogen) atoms. The van der Waals surface area contributed by atoms with Crippen LogP contribution in [0.2, 0.25) is 5.02 Å². The molecule has 2 aromatic carbocycles. The van der Waals surface area contributed by atoms with Crippen molar-refractivity contribution in [2.75, 3.05) is 5.32 Å². The van der Waals surface area contributed by atoms with Crippen LogP contribution in [0, 0.1) is 12.8 Å². The Morgan fingerprint density at radius 2 is 1.83 bits per heavy atom. The van der Waals surface area contributed by atoms with Crippen molar-refractivity contribution in [3.05, 3.63) is 64.2 Å². The second kappa shape index (κ2) is 7.05. The standard InChI is InChI=1S/C19H19ClN2O2/c1-12-2-9-16(20)10-17(12)22-19(24)15-5-3-13(4-6-15)11-21-18(23)14-7-8-14/h2-6,9-10,14H,7-8,11H2,1H3,(H,21,23)(H,22,24). The van der Waals surface area contributed by atoms with Crippen molar-refractivity contribution >= 4 is 29.1 Å². The predicted molar refractivity (Wildman–Crippen MR) is 95.2 cm³/mol. The lowest BCUT2D eigenvalue weighted by molar-refractivity contribution is -0.122. The highest BCUT2D eigenvalue weighted by atomic mass is 35.5. The van der Waals surface area contributed by atoms with Gasteiger partial charge in [0.1, 0.15) is 0 Å². The van der Waals surface area contributed by atoms with Gasteiger partial charge in [-0.15, -0.1) is 0 Å². The third kappa shape index (κ3) is 4.15. The molecule has 124 valence electrons. The summed E-state index contributed by atoms with van der Waals surface area (Å²) < 4.78 is 0. The number of aryl methyl sites for hydroxylation is 1. The number of hydrogen-bond donors (Lipinski definition) is 2. The molecule has 0 aromatic heterocycles. The average molecular weight is 343 g/mol. The largest absolute Gasteiger partial charge is 0.352 e. The minimum Gasteiger partial charge on any atom is -0.352 e. The Morgan fingerprint density at radius 1 is 1.12 bits per heavy atom. The van der Waals surface area contributed by atoms with Crippen molar-refractivity contribution in [1.29, 1.82) is 0 Å². The molecular weight excluding hydrogens is 324 g/mol. The first-order valence-electron chi connectivity index (χ1n) is 7.97. The SMILES string of the molecule is Cc1ccc(Cl)cc1NC(=O)c1ccc(CNC(=O)C2CC2)cc1. The van der Waals surface area contributed by atoms with Gasteiger partial charge in [-0.25, -0.2) is 0 Å². The molecule has 0 spiro atoms. The number of anilines is 1. The quantitative estimate of drug-likeness (QED) is 0.865. The first kappa shape index (κ1) is 16.5. The fraction of sp³-hybridized carbons (Fsp3) is 0.263. The van der Waals surface area contributed by atoms with E-state index < -0.39 is 0 Å². The average Bonchev–Trinajstić information content (AvgIpc) is 3.41. The van der Waals surface area contributed by atoms with Gasteiger partial charge in [-0.05, 0) is 55.2 Å². The number of halogens is 1. The van der Waals surface area contributed by atoms with Crippen LogP contribution in [0.4, 0.5) is 5.69 Å². The molecular formula is C19H19ClN2O2. The Hall–Kier alpha value is -2.33. The number of amides is 2. The fourth-order valence-corrected chi connectivity index (χ4v) is 2.55. The molecule has 0 unspecified atom stereocenters. The molecule has 0 radical (unpaired) electrons. The van der Waals surface area contributed by atoms with Gasteiger partial charge in [-0.3, -0.25) is 9.59 Å². The van der Waals surface area contributed by atoms with Gasteiger partial charge in [0.15, 0.2) is 0 Å². The number of carbonyl (C=O) groups excluding carboxylic acids is 2. The van der Waals surface area contributed by atoms with Gasteiger partial charge in [0, 0.05) is 28.7 Å². The van der Waals surface area contributed by atoms with E-state index in [1.807, 2.05) is 25.1 Å². The van der Waals surface area contributed by atoms with Crippen molar-refractivity contribution < 1.29 is 9.59 Å². The molecule has 1 fully saturated rings. The second-order valence-corrected chi connectivity index (χ2v) is 6.54. The Morgan fingerprint density at radius 3 is 2.50 bits per heavy atom. The van der Waals surface area contributed by atoms with Gasteiger partial charge in [-0.2, -0.15) is 0 Å². The van der Waals surface area contributed by atoms with Crippen molar-refractivity contribution in [3.8, 4) is 0 Å². The monoisotopic (exact) mass is 342 g/mol. The molecule has 0 atom stereocenters. The van der Waals surface area contributed by atoms with Crippen LogP contribution < -0.4 is 10.6 Å². The summed E-state index contributed by atoms with van der Waals surface area (Å²) in [5.74, 6) is 0.137. The first-order chi connectivity index (χ1) is 11.5. The van der Waals surface area contributed by atoms with E-state index in [1.54, 1.807) is 24.3 Å². The van der Waals surface area contributed by atoms with Crippen LogP contribution in [-0.2, 0) is 11.3 Å². The predicted octanol–water partition coefficient (Wildman–Crippen LogP) is 3.93. The Kier molecular flexibility index (Phi) is 4.86. The minimum atomic E-state index is -0.186. The van der Waals surface area contributed by atoms with Crippen molar-refractivity contribution in [3.63, 3.8) is 0 Å². The van der Waals surface area contributed by atoms with E-state index in [0.29, 0.717) is 22.8 Å². The molecule has 2 aromatic rings. The van der Waals surface area contributed by atoms with Crippen LogP contribution in [0.15, 0.2) is 42.5 Å². The smallest absolute Gasteiger partial charge is 0.255 e. The van der Waals surface area contributed by atoms with Crippen molar-refractivity contribution in [2.24, 2.45) is 5.92 Å². The number of nitrogens with one attached hydrogen (secondary N) is 2. The van der Waals surface area contributed by atoms with Crippen LogP contribution in [-0.4, -0.2) is 11.8 Å². The zero-order valence-electron chi connectivity index (χ0n) is 13.4. The summed E-state index contributed by atoms with van der Waals surface area (Å²) >= 11 is 5.97. The van der Waals surface area contributed by atoms with Gasteiger partial charge in [0.05, 0.1) is 0 Å². The van der Waals surface area contributed by atoms with E-state index in [1.165, 1.54) is 0 Å². The van der Waals surface area contributed by atoms with Crippen LogP contribution in [0.25, 0.3) is 0 Å². The fourth-order valence-electron chi connectivity index (χ4n) is 2.38. The van der Waals surface area contributed by atoms with E-state index in [9.17, 15) is 9.59 Å². The summed E-state index contributed by atoms with van der Waals surface area (Å²) in [5.41, 5.74) is 3.19. The summed E-state index contributed by atoms with van der Waals surface area (Å²) in [7, 11) is 0. The maximum atomic E-state index is 12.3. The highest BCUT2D eigenvalue weighted by Gasteiger charge is 2.29. The van der Waals surface area contributed by atoms with E-state index in [0.717, 1.165) is 24.0 Å². The van der Waals surface area contributed by atoms with Gasteiger partial charge in [0.2, 0.25) is 5.91 Å². The maximum Gasteiger partial charge on any atom is 0.255 e. The lowest BCUT2D eigenvalue weighted by Crippen LogP contribution is -2.24. The summed E-state index contributed by atoms with van der Waals surface area (Å²) in [6.45, 7) is 2.40. The summed E-state index contributed by atoms with van der Waals surface area (Å²) in [6, 6.07) is 12.6. The zero-order valence-corrected chi connectivity index (χ0v) is 14.2. The van der Waals surface area contributed by atoms with Crippen molar-refractivity contribution in [2.45, 2.75) is 26.3 Å². The highest BCUT2D eigenvalue weighted by Crippen LogP contribution is 2.28. The topological polar surface area (TPSA) is 58.2 Å². The Labute approximate surface area is 146 Å². The molecule has 1 saturated carbocycles. The molecule has 0 heterocycles. The Balaban J connectivity index is 1.60. The summed E-state index contributed by atoms with van der Waals surface area (Å²) in [5, 5.41) is 6.36. The third-order valence-corrected chi connectivity index (χ3v) is 4.31. The molecule has 1 aliphatic rings. The molecule has 0 aliphatic heterocycles. The normalized spacial score (nSPS) is 13.4. The van der Waals surface area contributed by atoms with E-state index >= 15 is 0 Å². The molecule has 0 bridgehead atoms. The van der Waals surface area contributed by atoms with Crippen LogP contribution in [0.3, 0.4) is 0 Å². The number of hydrogen-bond acceptors (Lipinski definition) is 2. The summed E-state index contributed by atoms with van der Waals surface area (Å²) in [4.78, 5) is 24.0. The molecule has 1 aliphatic carbocycles. The van der Waals surface area contributed by atoms with E-state index in [-0.39, 0.29) is 17.7 Å². The van der Waals surface area contributed by atoms with Crippen molar-refractivity contribution in [1.82, 2.24) is 5.32 Å². The van der Waals surface area contributed by atoms with E-state index in [2.05, 4.69) is 10.6 Å².